The third kappa shape index (κ3) is 46.2. The van der Waals surface area contributed by atoms with Gasteiger partial charge in [0.2, 0.25) is 0 Å². The Hall–Kier alpha value is 4.38. The Morgan fingerprint density at radius 2 is 0.886 bits per heavy atom. The zero-order chi connectivity index (χ0) is 49.8. The van der Waals surface area contributed by atoms with Crippen LogP contribution in [0.15, 0.2) is 60.7 Å². The third-order valence-corrected chi connectivity index (χ3v) is 13.0. The minimum Gasteiger partial charge on any atom is -1.00 e. The largest absolute Gasteiger partial charge is 1.00 e. The molecule has 0 aliphatic carbocycles. The number of aliphatic hydroxyl groups is 4. The maximum Gasteiger partial charge on any atom is 1.00 e. The monoisotopic (exact) mass is 1220 g/mol. The Morgan fingerprint density at radius 1 is 0.614 bits per heavy atom. The molecular weight excluding hydrogens is 1130 g/mol. The second kappa shape index (κ2) is 67.7. The van der Waals surface area contributed by atoms with Crippen LogP contribution in [0.4, 0.5) is 0 Å². The number of phenolic OH excluding ortho intramolecular Hbond substituents is 1. The second-order valence-electron chi connectivity index (χ2n) is 15.0. The first-order valence-corrected chi connectivity index (χ1v) is 26.2. The molecule has 3 aliphatic heterocycles. The van der Waals surface area contributed by atoms with Gasteiger partial charge in [-0.15, -0.1) is 64.8 Å². The summed E-state index contributed by atoms with van der Waals surface area (Å²) in [5, 5.41) is 43.4. The van der Waals surface area contributed by atoms with Crippen LogP contribution >= 0.6 is 73.2 Å². The number of aliphatic hydroxyl groups excluding tert-OH is 4. The van der Waals surface area contributed by atoms with Gasteiger partial charge in [0.05, 0.1) is 80.6 Å². The zero-order valence-corrected chi connectivity index (χ0v) is 59.7. The van der Waals surface area contributed by atoms with Crippen LogP contribution < -0.4 is 148 Å². The molecule has 2 aromatic rings. The van der Waals surface area contributed by atoms with Gasteiger partial charge in [-0.05, 0) is 56.4 Å². The zero-order valence-electron chi connectivity index (χ0n) is 46.3. The maximum absolute atomic E-state index is 8.90. The minimum absolute atomic E-state index is 0. The molecule has 12 nitrogen and oxygen atoms in total. The Balaban J connectivity index is -0.0000000574. The summed E-state index contributed by atoms with van der Waals surface area (Å²) in [6.07, 6.45) is 4.85. The van der Waals surface area contributed by atoms with Crippen molar-refractivity contribution in [1.29, 1.82) is 2.56 Å². The molecule has 5 rings (SSSR count). The molecule has 0 amide bonds. The van der Waals surface area contributed by atoms with Gasteiger partial charge in [0.1, 0.15) is 11.5 Å². The summed E-state index contributed by atoms with van der Waals surface area (Å²) in [5.41, 5.74) is 0.0576. The van der Waals surface area contributed by atoms with Crippen LogP contribution in [0.1, 0.15) is 66.7 Å². The fraction of sp³-hybridized carbons (Fsp3) is 0.733. The molecule has 3 aliphatic rings. The molecule has 3 saturated heterocycles. The number of phenols is 1. The van der Waals surface area contributed by atoms with Crippen LogP contribution in [0.3, 0.4) is 0 Å². The van der Waals surface area contributed by atoms with Gasteiger partial charge < -0.3 is 80.2 Å². The van der Waals surface area contributed by atoms with Gasteiger partial charge in [-0.25, -0.2) is 0 Å². The van der Waals surface area contributed by atoms with Gasteiger partial charge in [-0.3, -0.25) is 4.57 Å². The van der Waals surface area contributed by atoms with E-state index in [2.05, 4.69) is 20.8 Å². The van der Waals surface area contributed by atoms with Gasteiger partial charge in [0.15, 0.2) is 8.46 Å². The third-order valence-electron chi connectivity index (χ3n) is 10.7. The van der Waals surface area contributed by atoms with Crippen molar-refractivity contribution in [3.63, 3.8) is 0 Å². The number of rotatable bonds is 16. The molecule has 0 radical (unpaired) electrons. The first-order valence-electron chi connectivity index (χ1n) is 21.8. The molecule has 0 saturated carbocycles. The summed E-state index contributed by atoms with van der Waals surface area (Å²) in [7, 11) is 0.833. The molecular formula is C45H85Cl6Na4O12P3. The summed E-state index contributed by atoms with van der Waals surface area (Å²) in [6.45, 7) is 21.0. The van der Waals surface area contributed by atoms with E-state index in [4.69, 9.17) is 98.0 Å². The van der Waals surface area contributed by atoms with E-state index in [9.17, 15) is 0 Å². The Labute approximate surface area is 553 Å². The van der Waals surface area contributed by atoms with Crippen molar-refractivity contribution in [2.45, 2.75) is 66.7 Å². The van der Waals surface area contributed by atoms with E-state index in [-0.39, 0.29) is 200 Å². The topological polar surface area (TPSA) is 215 Å². The Bertz CT molecular complexity index is 1200. The van der Waals surface area contributed by atoms with Crippen molar-refractivity contribution in [3.8, 4) is 11.5 Å². The number of hydrogen-bond donors (Lipinski definition) is 5. The number of hydrogen-bond acceptors (Lipinski definition) is 12. The van der Waals surface area contributed by atoms with Crippen molar-refractivity contribution in [2.24, 2.45) is 27.1 Å². The second-order valence-corrected chi connectivity index (χ2v) is 16.5. The van der Waals surface area contributed by atoms with Gasteiger partial charge in [0.25, 0.3) is 0 Å². The fourth-order valence-electron chi connectivity index (χ4n) is 4.40. The van der Waals surface area contributed by atoms with E-state index < -0.39 is 5.41 Å². The normalized spacial score (nSPS) is 14.5. The number of halogens is 6. The summed E-state index contributed by atoms with van der Waals surface area (Å²) >= 11 is 22.5. The minimum atomic E-state index is -0.667. The summed E-state index contributed by atoms with van der Waals surface area (Å²) in [4.78, 5) is 0. The first kappa shape index (κ1) is 96.6. The average molecular weight is 1220 g/mol. The van der Waals surface area contributed by atoms with Gasteiger partial charge in [-0.1, -0.05) is 84.3 Å². The number of aromatic hydroxyl groups is 1. The van der Waals surface area contributed by atoms with E-state index in [0.717, 1.165) is 89.4 Å². The van der Waals surface area contributed by atoms with Crippen molar-refractivity contribution in [1.82, 2.24) is 0 Å². The van der Waals surface area contributed by atoms with E-state index in [0.29, 0.717) is 53.1 Å². The predicted octanol–water partition coefficient (Wildman–Crippen LogP) is -8.04. The van der Waals surface area contributed by atoms with Crippen LogP contribution in [0.5, 0.6) is 11.5 Å². The van der Waals surface area contributed by atoms with Crippen LogP contribution in [0, 0.1) is 27.1 Å². The molecule has 398 valence electrons. The molecule has 25 heteroatoms. The molecule has 70 heavy (non-hydrogen) atoms. The molecule has 0 aromatic heterocycles. The molecule has 3 fully saturated rings. The van der Waals surface area contributed by atoms with E-state index in [1.165, 1.54) is 0 Å². The summed E-state index contributed by atoms with van der Waals surface area (Å²) < 4.78 is 42.4. The molecule has 3 heterocycles. The SMILES string of the molecule is CCC(CO)(CCl)CCl.CCC(CO)(CO)CO.CCC1(CCl)COC1.CCC1(CCl)COC1.CCC1(COc2ccccc2)COC1.CP=O.Oc1ccccc1.[3H]PC.[3H]PC.[Cl-].[Cl-].[Na+].[Na+].[Na+].[Na+].[OH-].[OH-]. The molecule has 2 unspecified atom stereocenters. The van der Waals surface area contributed by atoms with E-state index in [1.807, 2.05) is 63.6 Å². The molecule has 7 N–H and O–H groups in total. The smallest absolute Gasteiger partial charge is 1.00 e. The van der Waals surface area contributed by atoms with Crippen molar-refractivity contribution in [2.75, 3.05) is 116 Å². The summed E-state index contributed by atoms with van der Waals surface area (Å²) in [5.74, 6) is 3.65. The standard InChI is InChI=1S/C12H16O2.C6H12Cl2O.2C6H11ClO.C6H14O3.C6H6O.CH3OP.2CH5P.2ClH.4Na.2H2O/c1-2-12(8-13-9-12)10-14-11-6-4-3-5-7-11;1-2-6(3-7,4-8)5-9;2*1-2-6(3-7)4-8-5-6;1-2-6(3-7,4-8)5-9;7-6-4-2-1-3-5-6;1-3-2;2*1-2;;;;;;;;/h3-7H,2,8-10H2,1H3;9H,2-5H2,1H3;2*2-5H2,1H3;7-9H,2-5H2,1H3;1-5,7H;1H3;2*2H2,1H3;2*1H;;;;;2*1H2/q;;;;;;;;;;;4*+1;;/p-4/i;;;;;;;2*2T;;;;;;;;. The first-order chi connectivity index (χ1) is 30.6. The van der Waals surface area contributed by atoms with Crippen LogP contribution in [0.25, 0.3) is 0 Å². The van der Waals surface area contributed by atoms with Gasteiger partial charge >= 0.3 is 118 Å². The van der Waals surface area contributed by atoms with Crippen molar-refractivity contribution in [3.05, 3.63) is 60.7 Å². The van der Waals surface area contributed by atoms with Crippen molar-refractivity contribution >= 4 is 73.2 Å². The van der Waals surface area contributed by atoms with Crippen LogP contribution in [0.2, 0.25) is 0 Å². The number of benzene rings is 2. The van der Waals surface area contributed by atoms with E-state index in [1.54, 1.807) is 30.9 Å². The Morgan fingerprint density at radius 3 is 1.00 bits per heavy atom. The Kier molecular flexibility index (Phi) is 93.4. The number of para-hydroxylation sites is 2. The van der Waals surface area contributed by atoms with Gasteiger partial charge in [-0.2, -0.15) is 0 Å². The molecule has 2 atom stereocenters. The fourth-order valence-corrected chi connectivity index (χ4v) is 5.92. The number of ether oxygens (including phenoxy) is 4. The predicted molar refractivity (Wildman–Crippen MR) is 276 cm³/mol. The average Bonchev–Trinajstić information content (AvgIpc) is 3.28. The maximum atomic E-state index is 8.90. The molecule has 0 bridgehead atoms. The molecule has 0 spiro atoms. The van der Waals surface area contributed by atoms with Crippen LogP contribution in [-0.4, -0.2) is 155 Å². The van der Waals surface area contributed by atoms with E-state index >= 15 is 0 Å². The molecule has 2 aromatic carbocycles. The van der Waals surface area contributed by atoms with Crippen molar-refractivity contribution < 1.29 is 203 Å². The number of alkyl halides is 4. The summed E-state index contributed by atoms with van der Waals surface area (Å²) in [6, 6.07) is 18.7. The quantitative estimate of drug-likeness (QED) is 0.0603. The van der Waals surface area contributed by atoms with Crippen LogP contribution in [-0.2, 0) is 18.8 Å². The van der Waals surface area contributed by atoms with Gasteiger partial charge in [0, 0.05) is 51.8 Å².